The van der Waals surface area contributed by atoms with Crippen LogP contribution < -0.4 is 5.32 Å². The predicted octanol–water partition coefficient (Wildman–Crippen LogP) is 2.33. The van der Waals surface area contributed by atoms with E-state index >= 15 is 0 Å². The van der Waals surface area contributed by atoms with Gasteiger partial charge in [0.25, 0.3) is 0 Å². The molecule has 0 radical (unpaired) electrons. The van der Waals surface area contributed by atoms with Gasteiger partial charge in [-0.25, -0.2) is 9.97 Å². The lowest BCUT2D eigenvalue weighted by molar-refractivity contribution is -0.131. The smallest absolute Gasteiger partial charge is 0.225 e. The maximum atomic E-state index is 12.3. The molecule has 1 saturated heterocycles. The number of nitrogens with zero attached hydrogens (tertiary/aromatic N) is 3. The zero-order valence-corrected chi connectivity index (χ0v) is 14.0. The van der Waals surface area contributed by atoms with Crippen LogP contribution in [0.1, 0.15) is 31.5 Å². The number of H-pyrrole nitrogens is 1. The molecule has 2 aliphatic carbocycles. The highest BCUT2D eigenvalue weighted by molar-refractivity contribution is 5.87. The van der Waals surface area contributed by atoms with E-state index in [0.29, 0.717) is 29.7 Å². The first-order valence-electron chi connectivity index (χ1n) is 9.04. The van der Waals surface area contributed by atoms with Gasteiger partial charge in [0, 0.05) is 31.2 Å². The van der Waals surface area contributed by atoms with Crippen LogP contribution in [0.2, 0.25) is 0 Å². The Morgan fingerprint density at radius 2 is 2.00 bits per heavy atom. The second-order valence-corrected chi connectivity index (χ2v) is 7.71. The van der Waals surface area contributed by atoms with Crippen LogP contribution in [0.5, 0.6) is 0 Å². The normalized spacial score (nSPS) is 29.2. The Morgan fingerprint density at radius 1 is 1.25 bits per heavy atom. The average Bonchev–Trinajstić information content (AvgIpc) is 2.97. The number of nitrogens with one attached hydrogen (secondary N) is 2. The number of likely N-dealkylation sites (tertiary alicyclic amines) is 1. The van der Waals surface area contributed by atoms with Gasteiger partial charge in [-0.05, 0) is 50.5 Å². The fraction of sp³-hybridized carbons (Fsp3) is 0.611. The highest BCUT2D eigenvalue weighted by atomic mass is 16.2. The van der Waals surface area contributed by atoms with Gasteiger partial charge in [0.05, 0.1) is 5.39 Å². The monoisotopic (exact) mass is 325 g/mol. The number of hydrogen-bond donors (Lipinski definition) is 2. The molecule has 1 aliphatic heterocycles. The van der Waals surface area contributed by atoms with Crippen LogP contribution in [0.25, 0.3) is 11.0 Å². The first-order valence-corrected chi connectivity index (χ1v) is 9.04. The van der Waals surface area contributed by atoms with E-state index in [1.807, 2.05) is 19.2 Å². The van der Waals surface area contributed by atoms with Crippen LogP contribution in [0.4, 0.5) is 5.82 Å². The van der Waals surface area contributed by atoms with Gasteiger partial charge < -0.3 is 15.2 Å². The largest absolute Gasteiger partial charge is 0.367 e. The Labute approximate surface area is 141 Å². The molecule has 1 amide bonds. The molecule has 24 heavy (non-hydrogen) atoms. The fourth-order valence-corrected chi connectivity index (χ4v) is 4.54. The predicted molar refractivity (Wildman–Crippen MR) is 91.6 cm³/mol. The molecule has 3 aliphatic rings. The van der Waals surface area contributed by atoms with Gasteiger partial charge >= 0.3 is 0 Å². The van der Waals surface area contributed by atoms with Crippen LogP contribution >= 0.6 is 0 Å². The number of fused-ring (bicyclic) bond motifs is 2. The van der Waals surface area contributed by atoms with Crippen molar-refractivity contribution in [2.75, 3.05) is 18.4 Å². The first kappa shape index (κ1) is 14.3. The van der Waals surface area contributed by atoms with E-state index in [-0.39, 0.29) is 0 Å². The summed E-state index contributed by atoms with van der Waals surface area (Å²) in [4.78, 5) is 26.6. The summed E-state index contributed by atoms with van der Waals surface area (Å²) in [6, 6.07) is 2.48. The van der Waals surface area contributed by atoms with E-state index in [2.05, 4.69) is 25.2 Å². The van der Waals surface area contributed by atoms with Gasteiger partial charge in [0.15, 0.2) is 0 Å². The molecule has 3 atom stereocenters. The standard InChI is InChI=1S/C18H23N5O/c1-10-20-16-15(4-5-19-16)17(21-10)22-14-6-12-8-23(9-13(12)7-14)18(24)11-2-3-11/h4-5,11-14H,2-3,6-9H2,1H3,(H2,19,20,21,22)/t12-,13+,14?. The maximum Gasteiger partial charge on any atom is 0.225 e. The summed E-state index contributed by atoms with van der Waals surface area (Å²) < 4.78 is 0. The van der Waals surface area contributed by atoms with Crippen LogP contribution in [-0.4, -0.2) is 44.9 Å². The third-order valence-corrected chi connectivity index (χ3v) is 5.86. The molecule has 2 N–H and O–H groups in total. The summed E-state index contributed by atoms with van der Waals surface area (Å²) in [5.74, 6) is 3.78. The van der Waals surface area contributed by atoms with Crippen LogP contribution in [0.3, 0.4) is 0 Å². The molecular weight excluding hydrogens is 302 g/mol. The van der Waals surface area contributed by atoms with Gasteiger partial charge in [0.1, 0.15) is 17.3 Å². The second-order valence-electron chi connectivity index (χ2n) is 7.71. The minimum absolute atomic E-state index is 0.351. The number of aromatic nitrogens is 3. The van der Waals surface area contributed by atoms with E-state index in [4.69, 9.17) is 0 Å². The minimum Gasteiger partial charge on any atom is -0.367 e. The molecule has 2 aromatic rings. The highest BCUT2D eigenvalue weighted by Gasteiger charge is 2.45. The number of anilines is 1. The molecule has 0 aromatic carbocycles. The van der Waals surface area contributed by atoms with Crippen molar-refractivity contribution in [1.29, 1.82) is 0 Å². The topological polar surface area (TPSA) is 73.9 Å². The summed E-state index contributed by atoms with van der Waals surface area (Å²) >= 11 is 0. The molecule has 0 bridgehead atoms. The molecular formula is C18H23N5O. The first-order chi connectivity index (χ1) is 11.7. The molecule has 0 spiro atoms. The molecule has 3 fully saturated rings. The molecule has 6 nitrogen and oxygen atoms in total. The average molecular weight is 325 g/mol. The molecule has 2 aromatic heterocycles. The third-order valence-electron chi connectivity index (χ3n) is 5.86. The van der Waals surface area contributed by atoms with Gasteiger partial charge in [-0.15, -0.1) is 0 Å². The summed E-state index contributed by atoms with van der Waals surface area (Å²) in [5, 5.41) is 4.70. The highest BCUT2D eigenvalue weighted by Crippen LogP contribution is 2.41. The lowest BCUT2D eigenvalue weighted by Gasteiger charge is -2.20. The van der Waals surface area contributed by atoms with E-state index < -0.39 is 0 Å². The molecule has 5 rings (SSSR count). The number of aryl methyl sites for hydroxylation is 1. The van der Waals surface area contributed by atoms with E-state index in [9.17, 15) is 4.79 Å². The van der Waals surface area contributed by atoms with E-state index in [0.717, 1.165) is 61.4 Å². The Hall–Kier alpha value is -2.11. The van der Waals surface area contributed by atoms with Gasteiger partial charge in [-0.3, -0.25) is 4.79 Å². The lowest BCUT2D eigenvalue weighted by atomic mass is 10.0. The van der Waals surface area contributed by atoms with Gasteiger partial charge in [0.2, 0.25) is 5.91 Å². The van der Waals surface area contributed by atoms with Crippen LogP contribution in [0.15, 0.2) is 12.3 Å². The molecule has 126 valence electrons. The number of rotatable bonds is 3. The number of hydrogen-bond acceptors (Lipinski definition) is 4. The fourth-order valence-electron chi connectivity index (χ4n) is 4.54. The summed E-state index contributed by atoms with van der Waals surface area (Å²) in [6.07, 6.45) is 6.39. The Kier molecular flexibility index (Phi) is 3.08. The van der Waals surface area contributed by atoms with Crippen molar-refractivity contribution in [1.82, 2.24) is 19.9 Å². The Morgan fingerprint density at radius 3 is 2.71 bits per heavy atom. The summed E-state index contributed by atoms with van der Waals surface area (Å²) in [5.41, 5.74) is 0.893. The van der Waals surface area contributed by atoms with Crippen LogP contribution in [0, 0.1) is 24.7 Å². The van der Waals surface area contributed by atoms with Crippen molar-refractivity contribution >= 4 is 22.8 Å². The Bertz CT molecular complexity index is 782. The Balaban J connectivity index is 1.28. The molecule has 3 heterocycles. The molecule has 1 unspecified atom stereocenters. The van der Waals surface area contributed by atoms with E-state index in [1.54, 1.807) is 0 Å². The maximum absolute atomic E-state index is 12.3. The number of aromatic amines is 1. The SMILES string of the molecule is Cc1nc(NC2C[C@@H]3CN(C(=O)C4CC4)C[C@@H]3C2)c2cc[nH]c2n1. The molecule has 2 saturated carbocycles. The summed E-state index contributed by atoms with van der Waals surface area (Å²) in [6.45, 7) is 3.84. The van der Waals surface area contributed by atoms with Gasteiger partial charge in [-0.1, -0.05) is 0 Å². The van der Waals surface area contributed by atoms with Crippen molar-refractivity contribution in [3.8, 4) is 0 Å². The number of amides is 1. The van der Waals surface area contributed by atoms with Gasteiger partial charge in [-0.2, -0.15) is 0 Å². The second kappa shape index (κ2) is 5.19. The number of carbonyl (C=O) groups is 1. The van der Waals surface area contributed by atoms with Crippen molar-refractivity contribution in [2.45, 2.75) is 38.6 Å². The summed E-state index contributed by atoms with van der Waals surface area (Å²) in [7, 11) is 0. The van der Waals surface area contributed by atoms with E-state index in [1.165, 1.54) is 0 Å². The van der Waals surface area contributed by atoms with Crippen LogP contribution in [-0.2, 0) is 4.79 Å². The zero-order chi connectivity index (χ0) is 16.3. The quantitative estimate of drug-likeness (QED) is 0.908. The lowest BCUT2D eigenvalue weighted by Crippen LogP contribution is -2.32. The molecule has 6 heteroatoms. The van der Waals surface area contributed by atoms with Crippen molar-refractivity contribution < 1.29 is 4.79 Å². The van der Waals surface area contributed by atoms with Crippen molar-refractivity contribution in [3.63, 3.8) is 0 Å². The third kappa shape index (κ3) is 2.36. The van der Waals surface area contributed by atoms with Crippen molar-refractivity contribution in [2.24, 2.45) is 17.8 Å². The zero-order valence-electron chi connectivity index (χ0n) is 14.0. The minimum atomic E-state index is 0.351. The number of carbonyl (C=O) groups excluding carboxylic acids is 1. The van der Waals surface area contributed by atoms with Crippen molar-refractivity contribution in [3.05, 3.63) is 18.1 Å².